The Bertz CT molecular complexity index is 1040. The van der Waals surface area contributed by atoms with E-state index in [1.807, 2.05) is 26.0 Å². The Morgan fingerprint density at radius 2 is 1.76 bits per heavy atom. The average Bonchev–Trinajstić information content (AvgIpc) is 2.67. The molecule has 9 nitrogen and oxygen atoms in total. The van der Waals surface area contributed by atoms with Gasteiger partial charge in [-0.05, 0) is 56.2 Å². The molecule has 2 aromatic rings. The number of amides is 2. The molecule has 0 saturated heterocycles. The summed E-state index contributed by atoms with van der Waals surface area (Å²) in [4.78, 5) is 24.4. The minimum absolute atomic E-state index is 0.109. The lowest BCUT2D eigenvalue weighted by Gasteiger charge is -2.17. The lowest BCUT2D eigenvalue weighted by atomic mass is 10.1. The first-order valence-electron chi connectivity index (χ1n) is 8.58. The van der Waals surface area contributed by atoms with Crippen molar-refractivity contribution in [3.63, 3.8) is 0 Å². The number of carbonyl (C=O) groups is 2. The Labute approximate surface area is 169 Å². The summed E-state index contributed by atoms with van der Waals surface area (Å²) in [5.41, 5.74) is 6.27. The SMILES string of the molecule is COc1ccc(S(N)(=O)=O)cc1C(=O)NNC(=O)[C@H](C)Oc1cccc(C)c1C. The van der Waals surface area contributed by atoms with Crippen molar-refractivity contribution in [2.24, 2.45) is 5.14 Å². The van der Waals surface area contributed by atoms with Crippen molar-refractivity contribution >= 4 is 21.8 Å². The zero-order valence-electron chi connectivity index (χ0n) is 16.5. The zero-order chi connectivity index (χ0) is 21.8. The number of methoxy groups -OCH3 is 1. The van der Waals surface area contributed by atoms with Crippen LogP contribution < -0.4 is 25.5 Å². The number of rotatable bonds is 6. The highest BCUT2D eigenvalue weighted by Crippen LogP contribution is 2.22. The number of nitrogens with two attached hydrogens (primary N) is 1. The number of hydrogen-bond donors (Lipinski definition) is 3. The van der Waals surface area contributed by atoms with Gasteiger partial charge in [0, 0.05) is 0 Å². The number of benzene rings is 2. The third-order valence-corrected chi connectivity index (χ3v) is 5.18. The van der Waals surface area contributed by atoms with Crippen molar-refractivity contribution in [1.29, 1.82) is 0 Å². The number of primary sulfonamides is 1. The van der Waals surface area contributed by atoms with Gasteiger partial charge < -0.3 is 9.47 Å². The lowest BCUT2D eigenvalue weighted by Crippen LogP contribution is -2.47. The highest BCUT2D eigenvalue weighted by molar-refractivity contribution is 7.89. The van der Waals surface area contributed by atoms with Gasteiger partial charge in [-0.3, -0.25) is 20.4 Å². The zero-order valence-corrected chi connectivity index (χ0v) is 17.3. The Kier molecular flexibility index (Phi) is 6.83. The largest absolute Gasteiger partial charge is 0.496 e. The summed E-state index contributed by atoms with van der Waals surface area (Å²) in [5, 5.41) is 5.09. The van der Waals surface area contributed by atoms with Gasteiger partial charge >= 0.3 is 0 Å². The molecule has 156 valence electrons. The fourth-order valence-electron chi connectivity index (χ4n) is 2.42. The molecular weight excluding hydrogens is 398 g/mol. The van der Waals surface area contributed by atoms with E-state index in [2.05, 4.69) is 10.9 Å². The van der Waals surface area contributed by atoms with Crippen LogP contribution in [0.2, 0.25) is 0 Å². The molecular formula is C19H23N3O6S. The van der Waals surface area contributed by atoms with E-state index in [1.165, 1.54) is 26.2 Å². The summed E-state index contributed by atoms with van der Waals surface area (Å²) >= 11 is 0. The lowest BCUT2D eigenvalue weighted by molar-refractivity contribution is -0.128. The molecule has 2 aromatic carbocycles. The summed E-state index contributed by atoms with van der Waals surface area (Å²) in [6.07, 6.45) is -0.895. The molecule has 0 aliphatic carbocycles. The molecule has 0 aliphatic heterocycles. The van der Waals surface area contributed by atoms with E-state index in [0.717, 1.165) is 17.2 Å². The van der Waals surface area contributed by atoms with Crippen LogP contribution in [0.25, 0.3) is 0 Å². The van der Waals surface area contributed by atoms with Crippen molar-refractivity contribution in [3.05, 3.63) is 53.1 Å². The molecule has 29 heavy (non-hydrogen) atoms. The maximum atomic E-state index is 12.4. The van der Waals surface area contributed by atoms with Gasteiger partial charge in [-0.2, -0.15) is 0 Å². The molecule has 0 aromatic heterocycles. The summed E-state index contributed by atoms with van der Waals surface area (Å²) in [5.74, 6) is -0.703. The molecule has 0 saturated carbocycles. The van der Waals surface area contributed by atoms with E-state index < -0.39 is 27.9 Å². The Morgan fingerprint density at radius 3 is 2.38 bits per heavy atom. The second kappa shape index (κ2) is 8.93. The van der Waals surface area contributed by atoms with Crippen LogP contribution in [0.15, 0.2) is 41.3 Å². The normalized spacial score (nSPS) is 12.0. The van der Waals surface area contributed by atoms with Crippen molar-refractivity contribution in [2.75, 3.05) is 7.11 Å². The van der Waals surface area contributed by atoms with Crippen LogP contribution in [0.1, 0.15) is 28.4 Å². The van der Waals surface area contributed by atoms with E-state index in [9.17, 15) is 18.0 Å². The van der Waals surface area contributed by atoms with E-state index >= 15 is 0 Å². The van der Waals surface area contributed by atoms with Gasteiger partial charge in [-0.1, -0.05) is 12.1 Å². The fraction of sp³-hybridized carbons (Fsp3) is 0.263. The molecule has 0 fully saturated rings. The Morgan fingerprint density at radius 1 is 1.07 bits per heavy atom. The number of hydrazine groups is 1. The molecule has 0 unspecified atom stereocenters. The maximum absolute atomic E-state index is 12.4. The molecule has 10 heteroatoms. The standard InChI is InChI=1S/C19H23N3O6S/c1-11-6-5-7-16(12(11)2)28-13(3)18(23)21-22-19(24)15-10-14(29(20,25)26)8-9-17(15)27-4/h5-10,13H,1-4H3,(H,21,23)(H,22,24)(H2,20,25,26)/t13-/m0/s1. The monoisotopic (exact) mass is 421 g/mol. The number of carbonyl (C=O) groups excluding carboxylic acids is 2. The van der Waals surface area contributed by atoms with Crippen LogP contribution in [0.3, 0.4) is 0 Å². The molecule has 1 atom stereocenters. The summed E-state index contributed by atoms with van der Waals surface area (Å²) in [6.45, 7) is 5.34. The van der Waals surface area contributed by atoms with Crippen molar-refractivity contribution in [2.45, 2.75) is 31.8 Å². The number of ether oxygens (including phenoxy) is 2. The molecule has 0 spiro atoms. The topological polar surface area (TPSA) is 137 Å². The second-order valence-electron chi connectivity index (χ2n) is 6.31. The van der Waals surface area contributed by atoms with Crippen molar-refractivity contribution in [3.8, 4) is 11.5 Å². The minimum Gasteiger partial charge on any atom is -0.496 e. The fourth-order valence-corrected chi connectivity index (χ4v) is 2.96. The molecule has 2 rings (SSSR count). The van der Waals surface area contributed by atoms with E-state index in [-0.39, 0.29) is 16.2 Å². The summed E-state index contributed by atoms with van der Waals surface area (Å²) < 4.78 is 33.7. The highest BCUT2D eigenvalue weighted by Gasteiger charge is 2.20. The number of hydrogen-bond acceptors (Lipinski definition) is 6. The van der Waals surface area contributed by atoms with Crippen LogP contribution >= 0.6 is 0 Å². The predicted molar refractivity (Wildman–Crippen MR) is 106 cm³/mol. The molecule has 0 radical (unpaired) electrons. The first kappa shape index (κ1) is 22.2. The van der Waals surface area contributed by atoms with Crippen LogP contribution in [0.4, 0.5) is 0 Å². The maximum Gasteiger partial charge on any atom is 0.279 e. The Hall–Kier alpha value is -3.11. The van der Waals surface area contributed by atoms with Crippen LogP contribution in [0, 0.1) is 13.8 Å². The molecule has 4 N–H and O–H groups in total. The predicted octanol–water partition coefficient (Wildman–Crippen LogP) is 1.19. The highest BCUT2D eigenvalue weighted by atomic mass is 32.2. The molecule has 0 bridgehead atoms. The first-order valence-corrected chi connectivity index (χ1v) is 10.1. The van der Waals surface area contributed by atoms with Gasteiger partial charge in [-0.15, -0.1) is 0 Å². The summed E-state index contributed by atoms with van der Waals surface area (Å²) in [7, 11) is -2.69. The van der Waals surface area contributed by atoms with Crippen molar-refractivity contribution < 1.29 is 27.5 Å². The van der Waals surface area contributed by atoms with Gasteiger partial charge in [0.1, 0.15) is 11.5 Å². The van der Waals surface area contributed by atoms with Crippen molar-refractivity contribution in [1.82, 2.24) is 10.9 Å². The van der Waals surface area contributed by atoms with Gasteiger partial charge in [0.2, 0.25) is 10.0 Å². The quantitative estimate of drug-likeness (QED) is 0.599. The van der Waals surface area contributed by atoms with Crippen LogP contribution in [-0.2, 0) is 14.8 Å². The Balaban J connectivity index is 2.08. The van der Waals surface area contributed by atoms with E-state index in [4.69, 9.17) is 14.6 Å². The van der Waals surface area contributed by atoms with Gasteiger partial charge in [0.15, 0.2) is 6.10 Å². The molecule has 0 heterocycles. The summed E-state index contributed by atoms with van der Waals surface area (Å²) in [6, 6.07) is 9.05. The number of aryl methyl sites for hydroxylation is 1. The second-order valence-corrected chi connectivity index (χ2v) is 7.87. The van der Waals surface area contributed by atoms with E-state index in [1.54, 1.807) is 6.07 Å². The molecule has 0 aliphatic rings. The van der Waals surface area contributed by atoms with Gasteiger partial charge in [0.25, 0.3) is 11.8 Å². The average molecular weight is 421 g/mol. The third-order valence-electron chi connectivity index (χ3n) is 4.27. The van der Waals surface area contributed by atoms with Gasteiger partial charge in [-0.25, -0.2) is 13.6 Å². The minimum atomic E-state index is -4.01. The molecule has 2 amide bonds. The number of nitrogens with one attached hydrogen (secondary N) is 2. The number of sulfonamides is 1. The first-order chi connectivity index (χ1) is 13.5. The van der Waals surface area contributed by atoms with Crippen LogP contribution in [0.5, 0.6) is 11.5 Å². The van der Waals surface area contributed by atoms with E-state index in [0.29, 0.717) is 5.75 Å². The third kappa shape index (κ3) is 5.46. The van der Waals surface area contributed by atoms with Crippen LogP contribution in [-0.4, -0.2) is 33.4 Å². The van der Waals surface area contributed by atoms with Gasteiger partial charge in [0.05, 0.1) is 17.6 Å². The smallest absolute Gasteiger partial charge is 0.279 e.